The number of hydrogen-bond acceptors (Lipinski definition) is 5. The van der Waals surface area contributed by atoms with Gasteiger partial charge in [-0.1, -0.05) is 6.07 Å². The van der Waals surface area contributed by atoms with Crippen molar-refractivity contribution >= 4 is 21.1 Å². The van der Waals surface area contributed by atoms with Gasteiger partial charge in [-0.15, -0.1) is 0 Å². The van der Waals surface area contributed by atoms with Crippen LogP contribution in [0.25, 0.3) is 11.0 Å². The van der Waals surface area contributed by atoms with E-state index >= 15 is 0 Å². The summed E-state index contributed by atoms with van der Waals surface area (Å²) in [6, 6.07) is 11.6. The van der Waals surface area contributed by atoms with Crippen molar-refractivity contribution in [2.75, 3.05) is 13.1 Å². The van der Waals surface area contributed by atoms with Gasteiger partial charge >= 0.3 is 0 Å². The van der Waals surface area contributed by atoms with Crippen LogP contribution in [0, 0.1) is 11.3 Å². The summed E-state index contributed by atoms with van der Waals surface area (Å²) in [6.45, 7) is 1.74. The first kappa shape index (κ1) is 15.8. The van der Waals surface area contributed by atoms with Gasteiger partial charge in [0.05, 0.1) is 27.6 Å². The molecule has 1 N–H and O–H groups in total. The molecule has 4 rings (SSSR count). The number of benzene rings is 1. The largest absolute Gasteiger partial charge is 0.316 e. The normalized spacial score (nSPS) is 17.6. The minimum Gasteiger partial charge on any atom is -0.316 e. The minimum absolute atomic E-state index is 0.100. The van der Waals surface area contributed by atoms with E-state index in [1.165, 1.54) is 16.1 Å². The second kappa shape index (κ2) is 5.99. The lowest BCUT2D eigenvalue weighted by Gasteiger charge is -2.07. The SMILES string of the molecule is N#Cc1cccc(S(=O)(=O)n2cc(C3CCNC3)c3ncccc32)c1. The molecule has 1 unspecified atom stereocenters. The molecule has 1 aliphatic rings. The third-order valence-electron chi connectivity index (χ3n) is 4.57. The van der Waals surface area contributed by atoms with E-state index in [2.05, 4.69) is 10.3 Å². The molecule has 7 heteroatoms. The summed E-state index contributed by atoms with van der Waals surface area (Å²) in [5.74, 6) is 0.249. The maximum atomic E-state index is 13.2. The van der Waals surface area contributed by atoms with Crippen molar-refractivity contribution in [1.29, 1.82) is 5.26 Å². The van der Waals surface area contributed by atoms with Crippen LogP contribution in [-0.4, -0.2) is 30.5 Å². The van der Waals surface area contributed by atoms with Crippen molar-refractivity contribution in [2.24, 2.45) is 0 Å². The number of nitrogens with zero attached hydrogens (tertiary/aromatic N) is 3. The van der Waals surface area contributed by atoms with Crippen LogP contribution >= 0.6 is 0 Å². The van der Waals surface area contributed by atoms with Crippen LogP contribution in [0.3, 0.4) is 0 Å². The second-order valence-corrected chi connectivity index (χ2v) is 7.90. The molecule has 3 aromatic rings. The molecule has 1 aromatic carbocycles. The van der Waals surface area contributed by atoms with Crippen LogP contribution in [-0.2, 0) is 10.0 Å². The van der Waals surface area contributed by atoms with Gasteiger partial charge in [0.2, 0.25) is 0 Å². The standard InChI is InChI=1S/C18H16N4O2S/c19-10-13-3-1-4-15(9-13)25(23,24)22-12-16(14-6-8-20-11-14)18-17(22)5-2-7-21-18/h1-5,7,9,12,14,20H,6,8,11H2. The molecular weight excluding hydrogens is 336 g/mol. The highest BCUT2D eigenvalue weighted by molar-refractivity contribution is 7.90. The van der Waals surface area contributed by atoms with Gasteiger partial charge in [-0.05, 0) is 43.3 Å². The smallest absolute Gasteiger partial charge is 0.268 e. The fraction of sp³-hybridized carbons (Fsp3) is 0.222. The molecule has 0 bridgehead atoms. The molecule has 1 aliphatic heterocycles. The zero-order valence-electron chi connectivity index (χ0n) is 13.4. The molecular formula is C18H16N4O2S. The number of hydrogen-bond donors (Lipinski definition) is 1. The lowest BCUT2D eigenvalue weighted by atomic mass is 10.0. The van der Waals surface area contributed by atoms with Crippen molar-refractivity contribution < 1.29 is 8.42 Å². The van der Waals surface area contributed by atoms with Gasteiger partial charge in [0, 0.05) is 30.4 Å². The molecule has 25 heavy (non-hydrogen) atoms. The molecule has 1 saturated heterocycles. The number of fused-ring (bicyclic) bond motifs is 1. The van der Waals surface area contributed by atoms with E-state index in [-0.39, 0.29) is 10.8 Å². The molecule has 0 radical (unpaired) electrons. The number of nitriles is 1. The Balaban J connectivity index is 1.93. The van der Waals surface area contributed by atoms with E-state index in [0.29, 0.717) is 11.1 Å². The van der Waals surface area contributed by atoms with Crippen LogP contribution in [0.2, 0.25) is 0 Å². The number of aromatic nitrogens is 2. The Labute approximate surface area is 145 Å². The summed E-state index contributed by atoms with van der Waals surface area (Å²) in [4.78, 5) is 4.52. The number of pyridine rings is 1. The molecule has 0 amide bonds. The van der Waals surface area contributed by atoms with Crippen LogP contribution in [0.15, 0.2) is 53.7 Å². The number of rotatable bonds is 3. The highest BCUT2D eigenvalue weighted by Crippen LogP contribution is 2.32. The molecule has 2 aromatic heterocycles. The van der Waals surface area contributed by atoms with Crippen LogP contribution in [0.4, 0.5) is 0 Å². The first-order valence-corrected chi connectivity index (χ1v) is 9.47. The third kappa shape index (κ3) is 2.60. The van der Waals surface area contributed by atoms with Gasteiger partial charge in [-0.2, -0.15) is 5.26 Å². The quantitative estimate of drug-likeness (QED) is 0.781. The lowest BCUT2D eigenvalue weighted by molar-refractivity contribution is 0.588. The number of nitrogens with one attached hydrogen (secondary N) is 1. The molecule has 1 fully saturated rings. The summed E-state index contributed by atoms with van der Waals surface area (Å²) < 4.78 is 27.6. The summed E-state index contributed by atoms with van der Waals surface area (Å²) >= 11 is 0. The first-order chi connectivity index (χ1) is 12.1. The average molecular weight is 352 g/mol. The Morgan fingerprint density at radius 3 is 2.92 bits per heavy atom. The molecule has 126 valence electrons. The Morgan fingerprint density at radius 1 is 1.28 bits per heavy atom. The van der Waals surface area contributed by atoms with E-state index < -0.39 is 10.0 Å². The highest BCUT2D eigenvalue weighted by atomic mass is 32.2. The second-order valence-electron chi connectivity index (χ2n) is 6.09. The van der Waals surface area contributed by atoms with Crippen molar-refractivity contribution in [3.63, 3.8) is 0 Å². The average Bonchev–Trinajstić information content (AvgIpc) is 3.29. The summed E-state index contributed by atoms with van der Waals surface area (Å²) in [5.41, 5.74) is 2.54. The molecule has 0 spiro atoms. The van der Waals surface area contributed by atoms with E-state index in [1.807, 2.05) is 6.07 Å². The van der Waals surface area contributed by atoms with Gasteiger partial charge in [0.15, 0.2) is 0 Å². The van der Waals surface area contributed by atoms with Gasteiger partial charge in [0.1, 0.15) is 0 Å². The summed E-state index contributed by atoms with van der Waals surface area (Å²) in [5, 5.41) is 12.4. The maximum Gasteiger partial charge on any atom is 0.268 e. The molecule has 1 atom stereocenters. The Morgan fingerprint density at radius 2 is 2.16 bits per heavy atom. The molecule has 6 nitrogen and oxygen atoms in total. The van der Waals surface area contributed by atoms with Crippen molar-refractivity contribution in [1.82, 2.24) is 14.3 Å². The maximum absolute atomic E-state index is 13.2. The fourth-order valence-electron chi connectivity index (χ4n) is 3.31. The van der Waals surface area contributed by atoms with Gasteiger partial charge < -0.3 is 5.32 Å². The van der Waals surface area contributed by atoms with Gasteiger partial charge in [-0.25, -0.2) is 12.4 Å². The van der Waals surface area contributed by atoms with E-state index in [4.69, 9.17) is 5.26 Å². The zero-order valence-corrected chi connectivity index (χ0v) is 14.2. The highest BCUT2D eigenvalue weighted by Gasteiger charge is 2.26. The molecule has 3 heterocycles. The summed E-state index contributed by atoms with van der Waals surface area (Å²) in [7, 11) is -3.80. The van der Waals surface area contributed by atoms with Gasteiger partial charge in [0.25, 0.3) is 10.0 Å². The van der Waals surface area contributed by atoms with Crippen LogP contribution in [0.1, 0.15) is 23.5 Å². The fourth-order valence-corrected chi connectivity index (χ4v) is 4.72. The van der Waals surface area contributed by atoms with Gasteiger partial charge in [-0.3, -0.25) is 4.98 Å². The van der Waals surface area contributed by atoms with Crippen molar-refractivity contribution in [2.45, 2.75) is 17.2 Å². The van der Waals surface area contributed by atoms with Crippen LogP contribution in [0.5, 0.6) is 0 Å². The minimum atomic E-state index is -3.80. The predicted molar refractivity (Wildman–Crippen MR) is 93.7 cm³/mol. The summed E-state index contributed by atoms with van der Waals surface area (Å²) in [6.07, 6.45) is 4.32. The predicted octanol–water partition coefficient (Wildman–Crippen LogP) is 2.22. The van der Waals surface area contributed by atoms with E-state index in [9.17, 15) is 8.42 Å². The Hall–Kier alpha value is -2.69. The van der Waals surface area contributed by atoms with Crippen molar-refractivity contribution in [3.05, 3.63) is 59.9 Å². The lowest BCUT2D eigenvalue weighted by Crippen LogP contribution is -2.12. The van der Waals surface area contributed by atoms with Crippen LogP contribution < -0.4 is 5.32 Å². The monoisotopic (exact) mass is 352 g/mol. The third-order valence-corrected chi connectivity index (χ3v) is 6.24. The zero-order chi connectivity index (χ0) is 17.4. The Kier molecular flexibility index (Phi) is 3.79. The van der Waals surface area contributed by atoms with E-state index in [0.717, 1.165) is 30.6 Å². The van der Waals surface area contributed by atoms with E-state index in [1.54, 1.807) is 36.7 Å². The Bertz CT molecular complexity index is 1090. The molecule has 0 aliphatic carbocycles. The molecule has 0 saturated carbocycles. The first-order valence-electron chi connectivity index (χ1n) is 8.03. The topological polar surface area (TPSA) is 87.8 Å². The van der Waals surface area contributed by atoms with Crippen molar-refractivity contribution in [3.8, 4) is 6.07 Å².